The maximum Gasteiger partial charge on any atom is 0.183 e. The Balaban J connectivity index is 2.11. The van der Waals surface area contributed by atoms with E-state index in [0.717, 1.165) is 37.4 Å². The van der Waals surface area contributed by atoms with Crippen LogP contribution in [0.4, 0.5) is 5.82 Å². The lowest BCUT2D eigenvalue weighted by Gasteiger charge is -2.24. The largest absolute Gasteiger partial charge is 0.350 e. The molecule has 0 radical (unpaired) electrons. The molecule has 1 unspecified atom stereocenters. The fraction of sp³-hybridized carbons (Fsp3) is 0.750. The molecule has 1 aliphatic heterocycles. The van der Waals surface area contributed by atoms with Gasteiger partial charge in [0, 0.05) is 30.4 Å². The van der Waals surface area contributed by atoms with Crippen molar-refractivity contribution >= 4 is 5.82 Å². The van der Waals surface area contributed by atoms with Crippen molar-refractivity contribution in [2.45, 2.75) is 71.5 Å². The molecule has 1 aromatic rings. The quantitative estimate of drug-likeness (QED) is 0.856. The maximum absolute atomic E-state index is 5.61. The lowest BCUT2D eigenvalue weighted by molar-refractivity contribution is -0.145. The van der Waals surface area contributed by atoms with Crippen LogP contribution in [0, 0.1) is 0 Å². The molecule has 1 fully saturated rings. The molecule has 1 saturated heterocycles. The molecule has 5 heteroatoms. The third-order valence-corrected chi connectivity index (χ3v) is 3.46. The second kappa shape index (κ2) is 6.71. The van der Waals surface area contributed by atoms with Crippen molar-refractivity contribution in [3.05, 3.63) is 17.6 Å². The number of rotatable bonds is 4. The van der Waals surface area contributed by atoms with Crippen molar-refractivity contribution in [1.29, 1.82) is 0 Å². The predicted molar refractivity (Wildman–Crippen MR) is 83.1 cm³/mol. The first kappa shape index (κ1) is 16.2. The van der Waals surface area contributed by atoms with Gasteiger partial charge in [-0.25, -0.2) is 20.3 Å². The molecule has 1 aromatic heterocycles. The Bertz CT molecular complexity index is 463. The van der Waals surface area contributed by atoms with E-state index in [4.69, 9.17) is 9.57 Å². The van der Waals surface area contributed by atoms with Gasteiger partial charge in [0.2, 0.25) is 0 Å². The predicted octanol–water partition coefficient (Wildman–Crippen LogP) is 3.77. The van der Waals surface area contributed by atoms with Gasteiger partial charge in [0.1, 0.15) is 5.82 Å². The van der Waals surface area contributed by atoms with Crippen molar-refractivity contribution in [2.75, 3.05) is 12.1 Å². The summed E-state index contributed by atoms with van der Waals surface area (Å²) in [5.74, 6) is 1.81. The molecule has 1 N–H and O–H groups in total. The topological polar surface area (TPSA) is 56.3 Å². The molecule has 118 valence electrons. The number of ether oxygens (including phenoxy) is 1. The molecule has 21 heavy (non-hydrogen) atoms. The van der Waals surface area contributed by atoms with Crippen molar-refractivity contribution in [3.8, 4) is 0 Å². The van der Waals surface area contributed by atoms with E-state index in [1.807, 2.05) is 6.07 Å². The van der Waals surface area contributed by atoms with Crippen LogP contribution in [0.1, 0.15) is 71.3 Å². The first-order valence-electron chi connectivity index (χ1n) is 7.79. The summed E-state index contributed by atoms with van der Waals surface area (Å²) in [7, 11) is 0. The standard InChI is InChI=1S/C16H27N3O2/c1-11(2)15-17-12(16(3,4)5)10-13(18-15)19-21-14-8-6-7-9-20-14/h10-11,14H,6-9H2,1-5H3,(H,17,18,19). The molecule has 5 nitrogen and oxygen atoms in total. The van der Waals surface area contributed by atoms with Gasteiger partial charge in [0.05, 0.1) is 5.69 Å². The molecule has 1 atom stereocenters. The number of hydrogen-bond donors (Lipinski definition) is 1. The molecular weight excluding hydrogens is 266 g/mol. The van der Waals surface area contributed by atoms with Gasteiger partial charge in [-0.2, -0.15) is 0 Å². The highest BCUT2D eigenvalue weighted by Crippen LogP contribution is 2.24. The van der Waals surface area contributed by atoms with Crippen LogP contribution in [0.2, 0.25) is 0 Å². The van der Waals surface area contributed by atoms with Crippen LogP contribution in [0.3, 0.4) is 0 Å². The van der Waals surface area contributed by atoms with Crippen LogP contribution in [-0.2, 0) is 15.0 Å². The van der Waals surface area contributed by atoms with E-state index in [1.54, 1.807) is 0 Å². The summed E-state index contributed by atoms with van der Waals surface area (Å²) in [6.07, 6.45) is 2.98. The van der Waals surface area contributed by atoms with E-state index in [2.05, 4.69) is 50.1 Å². The number of aromatic nitrogens is 2. The number of anilines is 1. The first-order chi connectivity index (χ1) is 9.86. The lowest BCUT2D eigenvalue weighted by Crippen LogP contribution is -2.25. The average Bonchev–Trinajstić information content (AvgIpc) is 2.45. The van der Waals surface area contributed by atoms with Gasteiger partial charge in [-0.05, 0) is 12.8 Å². The molecule has 2 heterocycles. The summed E-state index contributed by atoms with van der Waals surface area (Å²) >= 11 is 0. The summed E-state index contributed by atoms with van der Waals surface area (Å²) in [6, 6.07) is 1.95. The summed E-state index contributed by atoms with van der Waals surface area (Å²) in [4.78, 5) is 14.8. The zero-order chi connectivity index (χ0) is 15.5. The van der Waals surface area contributed by atoms with Gasteiger partial charge in [-0.1, -0.05) is 34.6 Å². The number of nitrogens with one attached hydrogen (secondary N) is 1. The normalized spacial score (nSPS) is 19.8. The summed E-state index contributed by atoms with van der Waals surface area (Å²) in [5.41, 5.74) is 3.93. The SMILES string of the molecule is CC(C)c1nc(NOC2CCCCO2)cc(C(C)(C)C)n1. The minimum absolute atomic E-state index is 0.0235. The Morgan fingerprint density at radius 3 is 2.62 bits per heavy atom. The fourth-order valence-electron chi connectivity index (χ4n) is 2.09. The van der Waals surface area contributed by atoms with Crippen LogP contribution in [0.25, 0.3) is 0 Å². The summed E-state index contributed by atoms with van der Waals surface area (Å²) in [6.45, 7) is 11.4. The van der Waals surface area contributed by atoms with Gasteiger partial charge in [0.15, 0.2) is 12.1 Å². The highest BCUT2D eigenvalue weighted by atomic mass is 16.8. The molecule has 0 bridgehead atoms. The van der Waals surface area contributed by atoms with Crippen molar-refractivity contribution in [1.82, 2.24) is 9.97 Å². The number of nitrogens with zero attached hydrogens (tertiary/aromatic N) is 2. The van der Waals surface area contributed by atoms with Gasteiger partial charge in [-0.3, -0.25) is 0 Å². The average molecular weight is 293 g/mol. The smallest absolute Gasteiger partial charge is 0.183 e. The van der Waals surface area contributed by atoms with Crippen LogP contribution < -0.4 is 5.48 Å². The van der Waals surface area contributed by atoms with E-state index in [9.17, 15) is 0 Å². The molecule has 2 rings (SSSR count). The highest BCUT2D eigenvalue weighted by Gasteiger charge is 2.20. The molecule has 0 amide bonds. The summed E-state index contributed by atoms with van der Waals surface area (Å²) in [5, 5.41) is 0. The van der Waals surface area contributed by atoms with Crippen LogP contribution in [-0.4, -0.2) is 22.9 Å². The molecule has 0 saturated carbocycles. The van der Waals surface area contributed by atoms with Gasteiger partial charge in [0.25, 0.3) is 0 Å². The Kier molecular flexibility index (Phi) is 5.17. The van der Waals surface area contributed by atoms with E-state index in [0.29, 0.717) is 5.82 Å². The second-order valence-electron chi connectivity index (χ2n) is 6.92. The Morgan fingerprint density at radius 2 is 2.05 bits per heavy atom. The van der Waals surface area contributed by atoms with Crippen molar-refractivity contribution in [2.24, 2.45) is 0 Å². The van der Waals surface area contributed by atoms with Crippen LogP contribution >= 0.6 is 0 Å². The summed E-state index contributed by atoms with van der Waals surface area (Å²) < 4.78 is 5.55. The Hall–Kier alpha value is -1.20. The second-order valence-corrected chi connectivity index (χ2v) is 6.92. The van der Waals surface area contributed by atoms with E-state index >= 15 is 0 Å². The zero-order valence-electron chi connectivity index (χ0n) is 13.8. The van der Waals surface area contributed by atoms with E-state index in [1.165, 1.54) is 0 Å². The molecule has 0 spiro atoms. The maximum atomic E-state index is 5.61. The molecule has 1 aliphatic rings. The fourth-order valence-corrected chi connectivity index (χ4v) is 2.09. The highest BCUT2D eigenvalue weighted by molar-refractivity contribution is 5.36. The minimum Gasteiger partial charge on any atom is -0.350 e. The van der Waals surface area contributed by atoms with Crippen LogP contribution in [0.15, 0.2) is 6.07 Å². The minimum atomic E-state index is -0.186. The Labute approximate surface area is 127 Å². The van der Waals surface area contributed by atoms with Crippen molar-refractivity contribution < 1.29 is 9.57 Å². The van der Waals surface area contributed by atoms with Gasteiger partial charge in [-0.15, -0.1) is 0 Å². The van der Waals surface area contributed by atoms with Gasteiger partial charge < -0.3 is 4.74 Å². The zero-order valence-corrected chi connectivity index (χ0v) is 13.8. The van der Waals surface area contributed by atoms with Crippen LogP contribution in [0.5, 0.6) is 0 Å². The van der Waals surface area contributed by atoms with Crippen molar-refractivity contribution in [3.63, 3.8) is 0 Å². The third kappa shape index (κ3) is 4.64. The van der Waals surface area contributed by atoms with E-state index in [-0.39, 0.29) is 17.6 Å². The molecular formula is C16H27N3O2. The number of hydrogen-bond acceptors (Lipinski definition) is 5. The monoisotopic (exact) mass is 293 g/mol. The van der Waals surface area contributed by atoms with Gasteiger partial charge >= 0.3 is 0 Å². The Morgan fingerprint density at radius 1 is 1.29 bits per heavy atom. The van der Waals surface area contributed by atoms with E-state index < -0.39 is 0 Å². The first-order valence-corrected chi connectivity index (χ1v) is 7.79. The molecule has 0 aliphatic carbocycles. The lowest BCUT2D eigenvalue weighted by atomic mass is 9.91. The third-order valence-electron chi connectivity index (χ3n) is 3.46. The molecule has 0 aromatic carbocycles.